The van der Waals surface area contributed by atoms with Gasteiger partial charge in [0.25, 0.3) is 22.2 Å². The van der Waals surface area contributed by atoms with Crippen LogP contribution in [-0.2, 0) is 0 Å². The topological polar surface area (TPSA) is 298 Å². The Kier molecular flexibility index (Phi) is 9.55. The van der Waals surface area contributed by atoms with Gasteiger partial charge in [0.15, 0.2) is 11.2 Å². The van der Waals surface area contributed by atoms with Gasteiger partial charge in [0.2, 0.25) is 5.95 Å². The van der Waals surface area contributed by atoms with Crippen molar-refractivity contribution in [3.8, 4) is 0 Å². The maximum atomic E-state index is 11.0. The monoisotopic (exact) mass is 529 g/mol. The first-order valence-electron chi connectivity index (χ1n) is 10.4. The molecule has 0 amide bonds. The summed E-state index contributed by atoms with van der Waals surface area (Å²) in [6.07, 6.45) is 5.52. The summed E-state index contributed by atoms with van der Waals surface area (Å²) in [5.74, 6) is 0.0783. The molecule has 38 heavy (non-hydrogen) atoms. The Morgan fingerprint density at radius 3 is 1.32 bits per heavy atom. The Labute approximate surface area is 208 Å². The zero-order valence-corrected chi connectivity index (χ0v) is 20.1. The summed E-state index contributed by atoms with van der Waals surface area (Å²) in [5, 5.41) is 0. The molecule has 5 aromatic rings. The highest BCUT2D eigenvalue weighted by molar-refractivity contribution is 5.69. The number of H-pyrrole nitrogens is 8. The number of nitrogen functional groups attached to an aromatic ring is 1. The lowest BCUT2D eigenvalue weighted by Crippen LogP contribution is -2.22. The van der Waals surface area contributed by atoms with Crippen molar-refractivity contribution in [1.82, 2.24) is 49.8 Å². The third-order valence-corrected chi connectivity index (χ3v) is 4.33. The first-order chi connectivity index (χ1) is 17.9. The lowest BCUT2D eigenvalue weighted by molar-refractivity contribution is 1.01. The van der Waals surface area contributed by atoms with Crippen LogP contribution in [0.1, 0.15) is 16.7 Å². The molecule has 0 saturated carbocycles. The third-order valence-electron chi connectivity index (χ3n) is 4.33. The second-order valence-corrected chi connectivity index (χ2v) is 7.32. The minimum atomic E-state index is -0.467. The molecule has 0 saturated heterocycles. The third kappa shape index (κ3) is 8.45. The van der Waals surface area contributed by atoms with E-state index in [1.54, 1.807) is 20.8 Å². The van der Waals surface area contributed by atoms with E-state index in [2.05, 4.69) is 49.8 Å². The molecule has 0 spiro atoms. The standard InChI is InChI=1S/C5H5N5O.3C5H6N2O2/c6-5-9-3-2(4(11)10-5)7-1-8-3;3*1-3-2-6-5(9)7-4(3)8/h1H,(H4,6,7,8,9,10,11);3*2H,1H3,(H2,6,7,8,9). The first-order valence-corrected chi connectivity index (χ1v) is 10.4. The second kappa shape index (κ2) is 12.8. The van der Waals surface area contributed by atoms with Gasteiger partial charge in [-0.1, -0.05) is 0 Å². The second-order valence-electron chi connectivity index (χ2n) is 7.32. The van der Waals surface area contributed by atoms with E-state index in [-0.39, 0.29) is 28.2 Å². The highest BCUT2D eigenvalue weighted by Gasteiger charge is 2.01. The number of rotatable bonds is 0. The quantitative estimate of drug-likeness (QED) is 0.100. The molecule has 0 atom stereocenters. The number of hydrogen-bond acceptors (Lipinski definition) is 10. The molecule has 0 unspecified atom stereocenters. The number of aromatic amines is 8. The fourth-order valence-electron chi connectivity index (χ4n) is 2.29. The van der Waals surface area contributed by atoms with Crippen LogP contribution in [0.4, 0.5) is 5.95 Å². The zero-order chi connectivity index (χ0) is 28.4. The molecule has 0 bridgehead atoms. The molecule has 0 aromatic carbocycles. The largest absolute Gasteiger partial charge is 0.369 e. The SMILES string of the molecule is Cc1c[nH]c(=O)[nH]c1=O.Cc1c[nH]c(=O)[nH]c1=O.Cc1c[nH]c(=O)[nH]c1=O.Nc1nc2nc[nH]c2c(=O)[nH]1. The predicted octanol–water partition coefficient (Wildman–Crippen LogP) is -2.66. The Morgan fingerprint density at radius 2 is 0.974 bits per heavy atom. The lowest BCUT2D eigenvalue weighted by atomic mass is 10.4. The molecule has 0 aliphatic rings. The van der Waals surface area contributed by atoms with Gasteiger partial charge < -0.3 is 25.7 Å². The van der Waals surface area contributed by atoms with E-state index >= 15 is 0 Å². The molecule has 0 aliphatic carbocycles. The molecule has 10 N–H and O–H groups in total. The lowest BCUT2D eigenvalue weighted by Gasteiger charge is -1.89. The fourth-order valence-corrected chi connectivity index (χ4v) is 2.29. The number of nitrogens with zero attached hydrogens (tertiary/aromatic N) is 2. The van der Waals surface area contributed by atoms with Crippen molar-refractivity contribution in [2.24, 2.45) is 0 Å². The molecule has 5 heterocycles. The molecular formula is C20H23N11O7. The van der Waals surface area contributed by atoms with Crippen molar-refractivity contribution in [1.29, 1.82) is 0 Å². The number of anilines is 1. The number of aromatic nitrogens is 10. The van der Waals surface area contributed by atoms with Crippen molar-refractivity contribution in [3.05, 3.63) is 114 Å². The number of nitrogens with two attached hydrogens (primary N) is 1. The Bertz CT molecular complexity index is 1780. The van der Waals surface area contributed by atoms with Crippen LogP contribution in [0.3, 0.4) is 0 Å². The van der Waals surface area contributed by atoms with E-state index in [9.17, 15) is 33.6 Å². The van der Waals surface area contributed by atoms with Gasteiger partial charge in [-0.2, -0.15) is 4.98 Å². The smallest absolute Gasteiger partial charge is 0.325 e. The Balaban J connectivity index is 0.000000179. The summed E-state index contributed by atoms with van der Waals surface area (Å²) in [6, 6.07) is 0. The van der Waals surface area contributed by atoms with Gasteiger partial charge in [0, 0.05) is 35.3 Å². The van der Waals surface area contributed by atoms with Crippen LogP contribution >= 0.6 is 0 Å². The number of aryl methyl sites for hydroxylation is 3. The van der Waals surface area contributed by atoms with E-state index in [0.717, 1.165) is 0 Å². The van der Waals surface area contributed by atoms with E-state index in [0.29, 0.717) is 27.9 Å². The van der Waals surface area contributed by atoms with Gasteiger partial charge in [0.1, 0.15) is 0 Å². The van der Waals surface area contributed by atoms with Gasteiger partial charge in [-0.25, -0.2) is 19.4 Å². The van der Waals surface area contributed by atoms with E-state index in [1.807, 2.05) is 0 Å². The molecular weight excluding hydrogens is 506 g/mol. The summed E-state index contributed by atoms with van der Waals surface area (Å²) in [7, 11) is 0. The minimum Gasteiger partial charge on any atom is -0.369 e. The van der Waals surface area contributed by atoms with Crippen LogP contribution in [-0.4, -0.2) is 49.8 Å². The Hall–Kier alpha value is -5.81. The first kappa shape index (κ1) is 28.4. The highest BCUT2D eigenvalue weighted by Crippen LogP contribution is 1.98. The fraction of sp³-hybridized carbons (Fsp3) is 0.150. The van der Waals surface area contributed by atoms with Crippen molar-refractivity contribution < 1.29 is 0 Å². The van der Waals surface area contributed by atoms with Crippen molar-refractivity contribution in [2.75, 3.05) is 5.73 Å². The number of imidazole rings is 1. The number of nitrogens with one attached hydrogen (secondary N) is 8. The zero-order valence-electron chi connectivity index (χ0n) is 20.1. The van der Waals surface area contributed by atoms with Crippen LogP contribution in [0, 0.1) is 20.8 Å². The molecule has 0 aliphatic heterocycles. The van der Waals surface area contributed by atoms with Gasteiger partial charge in [-0.05, 0) is 20.8 Å². The molecule has 0 radical (unpaired) electrons. The molecule has 0 fully saturated rings. The molecule has 5 rings (SSSR count). The predicted molar refractivity (Wildman–Crippen MR) is 136 cm³/mol. The Morgan fingerprint density at radius 1 is 0.579 bits per heavy atom. The van der Waals surface area contributed by atoms with Crippen LogP contribution in [0.25, 0.3) is 11.2 Å². The summed E-state index contributed by atoms with van der Waals surface area (Å²) < 4.78 is 0. The summed E-state index contributed by atoms with van der Waals surface area (Å²) >= 11 is 0. The van der Waals surface area contributed by atoms with Crippen molar-refractivity contribution in [3.63, 3.8) is 0 Å². The van der Waals surface area contributed by atoms with Gasteiger partial charge in [-0.15, -0.1) is 0 Å². The van der Waals surface area contributed by atoms with Gasteiger partial charge >= 0.3 is 17.1 Å². The molecule has 5 aromatic heterocycles. The minimum absolute atomic E-state index is 0.0783. The van der Waals surface area contributed by atoms with Crippen LogP contribution in [0.5, 0.6) is 0 Å². The van der Waals surface area contributed by atoms with Crippen molar-refractivity contribution >= 4 is 17.1 Å². The normalized spacial score (nSPS) is 9.76. The van der Waals surface area contributed by atoms with E-state index < -0.39 is 17.1 Å². The van der Waals surface area contributed by atoms with Gasteiger partial charge in [-0.3, -0.25) is 39.1 Å². The number of hydrogen-bond donors (Lipinski definition) is 9. The van der Waals surface area contributed by atoms with E-state index in [4.69, 9.17) is 5.73 Å². The summed E-state index contributed by atoms with van der Waals surface area (Å²) in [6.45, 7) is 4.86. The average Bonchev–Trinajstić information content (AvgIpc) is 3.32. The van der Waals surface area contributed by atoms with E-state index in [1.165, 1.54) is 24.9 Å². The van der Waals surface area contributed by atoms with Gasteiger partial charge in [0.05, 0.1) is 6.33 Å². The molecule has 18 heteroatoms. The maximum absolute atomic E-state index is 11.0. The van der Waals surface area contributed by atoms with Crippen molar-refractivity contribution in [2.45, 2.75) is 20.8 Å². The average molecular weight is 529 g/mol. The van der Waals surface area contributed by atoms with Crippen LogP contribution in [0.2, 0.25) is 0 Å². The summed E-state index contributed by atoms with van der Waals surface area (Å²) in [5.41, 5.74) is 4.77. The summed E-state index contributed by atoms with van der Waals surface area (Å²) in [4.78, 5) is 99.4. The molecule has 200 valence electrons. The van der Waals surface area contributed by atoms with Crippen LogP contribution in [0.15, 0.2) is 58.5 Å². The van der Waals surface area contributed by atoms with Crippen LogP contribution < -0.4 is 45.0 Å². The maximum Gasteiger partial charge on any atom is 0.325 e. The number of fused-ring (bicyclic) bond motifs is 1. The molecule has 18 nitrogen and oxygen atoms in total. The highest BCUT2D eigenvalue weighted by atomic mass is 16.2.